The number of hydrogen-bond acceptors (Lipinski definition) is 5. The number of aromatic nitrogens is 2. The number of nitrogens with zero attached hydrogens (tertiary/aromatic N) is 2. The molecule has 3 N–H and O–H groups in total. The Morgan fingerprint density at radius 1 is 1.53 bits per heavy atom. The van der Waals surface area contributed by atoms with E-state index in [4.69, 9.17) is 5.73 Å². The Bertz CT molecular complexity index is 521. The van der Waals surface area contributed by atoms with Gasteiger partial charge in [0.2, 0.25) is 0 Å². The van der Waals surface area contributed by atoms with Crippen molar-refractivity contribution in [3.63, 3.8) is 0 Å². The zero-order chi connectivity index (χ0) is 12.3. The van der Waals surface area contributed by atoms with E-state index in [-0.39, 0.29) is 5.91 Å². The molecule has 0 bridgehead atoms. The van der Waals surface area contributed by atoms with Gasteiger partial charge in [-0.25, -0.2) is 9.97 Å². The average molecular weight is 248 g/mol. The first-order valence-corrected chi connectivity index (χ1v) is 5.94. The molecule has 0 aliphatic carbocycles. The van der Waals surface area contributed by atoms with Crippen LogP contribution in [0, 0.1) is 6.92 Å². The lowest BCUT2D eigenvalue weighted by atomic mass is 10.3. The van der Waals surface area contributed by atoms with Gasteiger partial charge in [-0.05, 0) is 19.1 Å². The van der Waals surface area contributed by atoms with Gasteiger partial charge in [-0.15, -0.1) is 11.3 Å². The largest absolute Gasteiger partial charge is 0.397 e. The number of nitrogen functional groups attached to an aromatic ring is 1. The molecule has 6 heteroatoms. The Labute approximate surface area is 103 Å². The summed E-state index contributed by atoms with van der Waals surface area (Å²) in [5, 5.41) is 5.66. The fourth-order valence-corrected chi connectivity index (χ4v) is 1.90. The molecule has 0 spiro atoms. The average Bonchev–Trinajstić information content (AvgIpc) is 2.73. The third kappa shape index (κ3) is 3.01. The molecule has 0 unspecified atom stereocenters. The Morgan fingerprint density at radius 3 is 2.94 bits per heavy atom. The Hall–Kier alpha value is -1.95. The lowest BCUT2D eigenvalue weighted by Gasteiger charge is -2.02. The van der Waals surface area contributed by atoms with Crippen molar-refractivity contribution < 1.29 is 4.79 Å². The third-order valence-corrected chi connectivity index (χ3v) is 2.94. The second-order valence-corrected chi connectivity index (χ2v) is 4.58. The van der Waals surface area contributed by atoms with Crippen molar-refractivity contribution in [1.82, 2.24) is 15.3 Å². The predicted molar refractivity (Wildman–Crippen MR) is 66.7 cm³/mol. The van der Waals surface area contributed by atoms with Crippen LogP contribution in [0.3, 0.4) is 0 Å². The molecule has 0 radical (unpaired) electrons. The van der Waals surface area contributed by atoms with Crippen LogP contribution in [-0.2, 0) is 6.54 Å². The highest BCUT2D eigenvalue weighted by Crippen LogP contribution is 2.07. The van der Waals surface area contributed by atoms with Gasteiger partial charge in [0.15, 0.2) is 0 Å². The molecule has 2 heterocycles. The van der Waals surface area contributed by atoms with E-state index < -0.39 is 0 Å². The number of thiazole rings is 1. The summed E-state index contributed by atoms with van der Waals surface area (Å²) in [6.45, 7) is 2.34. The number of carbonyl (C=O) groups excluding carboxylic acids is 1. The monoisotopic (exact) mass is 248 g/mol. The lowest BCUT2D eigenvalue weighted by molar-refractivity contribution is 0.0945. The van der Waals surface area contributed by atoms with Crippen LogP contribution in [-0.4, -0.2) is 15.9 Å². The van der Waals surface area contributed by atoms with E-state index in [2.05, 4.69) is 15.3 Å². The van der Waals surface area contributed by atoms with Crippen molar-refractivity contribution in [3.8, 4) is 0 Å². The number of rotatable bonds is 3. The fourth-order valence-electron chi connectivity index (χ4n) is 1.29. The second kappa shape index (κ2) is 4.92. The molecule has 0 saturated heterocycles. The molecular weight excluding hydrogens is 236 g/mol. The number of anilines is 1. The van der Waals surface area contributed by atoms with E-state index in [1.54, 1.807) is 23.5 Å². The number of aryl methyl sites for hydroxylation is 1. The van der Waals surface area contributed by atoms with Gasteiger partial charge in [-0.2, -0.15) is 0 Å². The van der Waals surface area contributed by atoms with Gasteiger partial charge < -0.3 is 11.1 Å². The van der Waals surface area contributed by atoms with Crippen LogP contribution < -0.4 is 11.1 Å². The van der Waals surface area contributed by atoms with Crippen molar-refractivity contribution in [2.45, 2.75) is 13.5 Å². The fraction of sp³-hybridized carbons (Fsp3) is 0.182. The first-order valence-electron chi connectivity index (χ1n) is 5.06. The molecule has 2 aromatic heterocycles. The Kier molecular flexibility index (Phi) is 3.34. The van der Waals surface area contributed by atoms with E-state index in [1.165, 1.54) is 6.20 Å². The van der Waals surface area contributed by atoms with Gasteiger partial charge in [0.05, 0.1) is 29.1 Å². The van der Waals surface area contributed by atoms with Gasteiger partial charge in [-0.1, -0.05) is 0 Å². The molecule has 0 atom stereocenters. The van der Waals surface area contributed by atoms with E-state index in [1.807, 2.05) is 12.3 Å². The number of nitrogens with two attached hydrogens (primary N) is 1. The minimum Gasteiger partial charge on any atom is -0.397 e. The van der Waals surface area contributed by atoms with Crippen molar-refractivity contribution >= 4 is 22.9 Å². The lowest BCUT2D eigenvalue weighted by Crippen LogP contribution is -2.23. The van der Waals surface area contributed by atoms with Crippen LogP contribution in [0.1, 0.15) is 21.2 Å². The molecule has 5 nitrogen and oxygen atoms in total. The summed E-state index contributed by atoms with van der Waals surface area (Å²) in [5.41, 5.74) is 7.24. The minimum atomic E-state index is -0.226. The van der Waals surface area contributed by atoms with Crippen LogP contribution in [0.5, 0.6) is 0 Å². The summed E-state index contributed by atoms with van der Waals surface area (Å²) in [4.78, 5) is 19.9. The number of pyridine rings is 1. The van der Waals surface area contributed by atoms with Gasteiger partial charge in [0, 0.05) is 5.38 Å². The first kappa shape index (κ1) is 11.5. The molecule has 0 aromatic carbocycles. The molecule has 0 aliphatic heterocycles. The number of carbonyl (C=O) groups is 1. The van der Waals surface area contributed by atoms with Gasteiger partial charge in [-0.3, -0.25) is 4.79 Å². The Balaban J connectivity index is 1.95. The molecule has 0 aliphatic rings. The molecule has 0 fully saturated rings. The predicted octanol–water partition coefficient (Wildman–Crippen LogP) is 1.36. The summed E-state index contributed by atoms with van der Waals surface area (Å²) in [5.74, 6) is -0.226. The maximum atomic E-state index is 11.7. The van der Waals surface area contributed by atoms with Crippen LogP contribution in [0.25, 0.3) is 0 Å². The Morgan fingerprint density at radius 2 is 2.35 bits per heavy atom. The van der Waals surface area contributed by atoms with Crippen molar-refractivity contribution in [1.29, 1.82) is 0 Å². The zero-order valence-electron chi connectivity index (χ0n) is 9.30. The molecule has 1 amide bonds. The van der Waals surface area contributed by atoms with Crippen LogP contribution in [0.15, 0.2) is 23.7 Å². The highest BCUT2D eigenvalue weighted by Gasteiger charge is 2.07. The van der Waals surface area contributed by atoms with E-state index in [0.29, 0.717) is 17.9 Å². The van der Waals surface area contributed by atoms with Crippen LogP contribution >= 0.6 is 11.3 Å². The topological polar surface area (TPSA) is 80.9 Å². The summed E-state index contributed by atoms with van der Waals surface area (Å²) < 4.78 is 0. The van der Waals surface area contributed by atoms with E-state index in [9.17, 15) is 4.79 Å². The number of nitrogens with one attached hydrogen (secondary N) is 1. The molecular formula is C11H12N4OS. The second-order valence-electron chi connectivity index (χ2n) is 3.52. The third-order valence-electron chi connectivity index (χ3n) is 2.12. The number of hydrogen-bond donors (Lipinski definition) is 2. The quantitative estimate of drug-likeness (QED) is 0.859. The van der Waals surface area contributed by atoms with Crippen molar-refractivity contribution in [3.05, 3.63) is 40.1 Å². The standard InChI is InChI=1S/C11H12N4OS/c1-7-15-9(6-17-7)5-14-11(16)10-3-2-8(12)4-13-10/h2-4,6H,5,12H2,1H3,(H,14,16). The maximum Gasteiger partial charge on any atom is 0.270 e. The van der Waals surface area contributed by atoms with Crippen LogP contribution in [0.2, 0.25) is 0 Å². The smallest absolute Gasteiger partial charge is 0.270 e. The van der Waals surface area contributed by atoms with Gasteiger partial charge >= 0.3 is 0 Å². The summed E-state index contributed by atoms with van der Waals surface area (Å²) in [6.07, 6.45) is 1.46. The van der Waals surface area contributed by atoms with E-state index >= 15 is 0 Å². The normalized spacial score (nSPS) is 10.2. The molecule has 0 saturated carbocycles. The number of amides is 1. The molecule has 2 aromatic rings. The highest BCUT2D eigenvalue weighted by molar-refractivity contribution is 7.09. The van der Waals surface area contributed by atoms with Gasteiger partial charge in [0.25, 0.3) is 5.91 Å². The molecule has 2 rings (SSSR count). The van der Waals surface area contributed by atoms with Crippen molar-refractivity contribution in [2.24, 2.45) is 0 Å². The minimum absolute atomic E-state index is 0.226. The van der Waals surface area contributed by atoms with Gasteiger partial charge in [0.1, 0.15) is 5.69 Å². The van der Waals surface area contributed by atoms with E-state index in [0.717, 1.165) is 10.7 Å². The highest BCUT2D eigenvalue weighted by atomic mass is 32.1. The SMILES string of the molecule is Cc1nc(CNC(=O)c2ccc(N)cn2)cs1. The molecule has 88 valence electrons. The molecule has 17 heavy (non-hydrogen) atoms. The van der Waals surface area contributed by atoms with Crippen LogP contribution in [0.4, 0.5) is 5.69 Å². The summed E-state index contributed by atoms with van der Waals surface area (Å²) in [6, 6.07) is 3.24. The first-order chi connectivity index (χ1) is 8.15. The summed E-state index contributed by atoms with van der Waals surface area (Å²) >= 11 is 1.56. The summed E-state index contributed by atoms with van der Waals surface area (Å²) in [7, 11) is 0. The zero-order valence-corrected chi connectivity index (χ0v) is 10.1. The van der Waals surface area contributed by atoms with Crippen molar-refractivity contribution in [2.75, 3.05) is 5.73 Å². The maximum absolute atomic E-state index is 11.7.